The van der Waals surface area contributed by atoms with Gasteiger partial charge in [0.05, 0.1) is 7.11 Å². The van der Waals surface area contributed by atoms with Crippen molar-refractivity contribution in [2.24, 2.45) is 5.92 Å². The van der Waals surface area contributed by atoms with Crippen molar-refractivity contribution in [3.8, 4) is 5.75 Å². The molecule has 24 heavy (non-hydrogen) atoms. The van der Waals surface area contributed by atoms with E-state index in [0.717, 1.165) is 18.4 Å². The summed E-state index contributed by atoms with van der Waals surface area (Å²) in [6.45, 7) is 2.58. The van der Waals surface area contributed by atoms with Crippen LogP contribution in [0.5, 0.6) is 5.75 Å². The summed E-state index contributed by atoms with van der Waals surface area (Å²) in [4.78, 5) is 12.3. The van der Waals surface area contributed by atoms with Crippen molar-refractivity contribution in [3.05, 3.63) is 23.8 Å². The number of nitrogens with one attached hydrogen (secondary N) is 1. The van der Waals surface area contributed by atoms with Crippen LogP contribution in [-0.4, -0.2) is 44.9 Å². The number of amides is 1. The fourth-order valence-corrected chi connectivity index (χ4v) is 4.74. The molecule has 1 aromatic carbocycles. The molecule has 0 radical (unpaired) electrons. The highest BCUT2D eigenvalue weighted by molar-refractivity contribution is 7.89. The fraction of sp³-hybridized carbons (Fsp3) is 0.588. The van der Waals surface area contributed by atoms with Gasteiger partial charge in [-0.1, -0.05) is 6.07 Å². The molecule has 1 heterocycles. The first-order valence-electron chi connectivity index (χ1n) is 8.37. The molecule has 0 unspecified atom stereocenters. The topological polar surface area (TPSA) is 75.7 Å². The molecule has 1 saturated carbocycles. The Balaban J connectivity index is 1.70. The van der Waals surface area contributed by atoms with Crippen molar-refractivity contribution in [1.82, 2.24) is 9.62 Å². The SMILES string of the molecule is COc1ccc(C)cc1S(=O)(=O)N1CCC(C(=O)NC2CC2)CC1. The molecule has 1 N–H and O–H groups in total. The molecular formula is C17H24N2O4S. The first kappa shape index (κ1) is 17.2. The van der Waals surface area contributed by atoms with E-state index < -0.39 is 10.0 Å². The molecule has 0 atom stereocenters. The Morgan fingerprint density at radius 3 is 2.46 bits per heavy atom. The van der Waals surface area contributed by atoms with Gasteiger partial charge in [0, 0.05) is 25.0 Å². The van der Waals surface area contributed by atoms with E-state index in [1.165, 1.54) is 11.4 Å². The lowest BCUT2D eigenvalue weighted by atomic mass is 9.97. The summed E-state index contributed by atoms with van der Waals surface area (Å²) in [6.07, 6.45) is 3.25. The Morgan fingerprint density at radius 2 is 1.88 bits per heavy atom. The number of nitrogens with zero attached hydrogens (tertiary/aromatic N) is 1. The number of carbonyl (C=O) groups excluding carboxylic acids is 1. The zero-order valence-electron chi connectivity index (χ0n) is 14.1. The number of piperidine rings is 1. The number of hydrogen-bond acceptors (Lipinski definition) is 4. The average Bonchev–Trinajstić information content (AvgIpc) is 3.39. The van der Waals surface area contributed by atoms with E-state index in [1.54, 1.807) is 12.1 Å². The number of sulfonamides is 1. The number of carbonyl (C=O) groups is 1. The van der Waals surface area contributed by atoms with Crippen LogP contribution in [0.4, 0.5) is 0 Å². The van der Waals surface area contributed by atoms with Gasteiger partial charge in [-0.25, -0.2) is 8.42 Å². The summed E-state index contributed by atoms with van der Waals surface area (Å²) in [5.41, 5.74) is 0.869. The van der Waals surface area contributed by atoms with E-state index in [0.29, 0.717) is 37.7 Å². The maximum absolute atomic E-state index is 12.9. The van der Waals surface area contributed by atoms with Crippen molar-refractivity contribution in [3.63, 3.8) is 0 Å². The molecule has 0 spiro atoms. The predicted octanol–water partition coefficient (Wildman–Crippen LogP) is 1.68. The van der Waals surface area contributed by atoms with Crippen LogP contribution >= 0.6 is 0 Å². The number of hydrogen-bond donors (Lipinski definition) is 1. The minimum atomic E-state index is -3.61. The fourth-order valence-electron chi connectivity index (χ4n) is 3.03. The molecule has 3 rings (SSSR count). The maximum atomic E-state index is 12.9. The molecule has 2 aliphatic rings. The Kier molecular flexibility index (Phi) is 4.83. The van der Waals surface area contributed by atoms with Gasteiger partial charge in [0.15, 0.2) is 0 Å². The summed E-state index contributed by atoms with van der Waals surface area (Å²) in [7, 11) is -2.14. The Morgan fingerprint density at radius 1 is 1.21 bits per heavy atom. The van der Waals surface area contributed by atoms with Gasteiger partial charge >= 0.3 is 0 Å². The van der Waals surface area contributed by atoms with Gasteiger partial charge in [0.2, 0.25) is 15.9 Å². The third kappa shape index (κ3) is 3.57. The molecule has 1 aliphatic carbocycles. The quantitative estimate of drug-likeness (QED) is 0.875. The monoisotopic (exact) mass is 352 g/mol. The highest BCUT2D eigenvalue weighted by atomic mass is 32.2. The Bertz CT molecular complexity index is 720. The second kappa shape index (κ2) is 6.72. The largest absolute Gasteiger partial charge is 0.495 e. The lowest BCUT2D eigenvalue weighted by Gasteiger charge is -2.31. The maximum Gasteiger partial charge on any atom is 0.246 e. The van der Waals surface area contributed by atoms with Crippen LogP contribution in [0.15, 0.2) is 23.1 Å². The van der Waals surface area contributed by atoms with Crippen molar-refractivity contribution in [2.45, 2.75) is 43.5 Å². The molecule has 6 nitrogen and oxygen atoms in total. The third-order valence-corrected chi connectivity index (χ3v) is 6.61. The molecule has 0 bridgehead atoms. The van der Waals surface area contributed by atoms with Gasteiger partial charge in [0.1, 0.15) is 10.6 Å². The van der Waals surface area contributed by atoms with Gasteiger partial charge in [-0.2, -0.15) is 4.31 Å². The second-order valence-electron chi connectivity index (χ2n) is 6.62. The standard InChI is InChI=1S/C17H24N2O4S/c1-12-3-6-15(23-2)16(11-12)24(21,22)19-9-7-13(8-10-19)17(20)18-14-4-5-14/h3,6,11,13-14H,4-5,7-10H2,1-2H3,(H,18,20). The summed E-state index contributed by atoms with van der Waals surface area (Å²) >= 11 is 0. The number of ether oxygens (including phenoxy) is 1. The molecule has 2 fully saturated rings. The lowest BCUT2D eigenvalue weighted by molar-refractivity contribution is -0.126. The van der Waals surface area contributed by atoms with Crippen LogP contribution < -0.4 is 10.1 Å². The molecule has 1 aliphatic heterocycles. The van der Waals surface area contributed by atoms with E-state index >= 15 is 0 Å². The van der Waals surface area contributed by atoms with Crippen molar-refractivity contribution in [2.75, 3.05) is 20.2 Å². The van der Waals surface area contributed by atoms with Gasteiger partial charge in [-0.3, -0.25) is 4.79 Å². The number of methoxy groups -OCH3 is 1. The predicted molar refractivity (Wildman–Crippen MR) is 90.4 cm³/mol. The molecule has 1 saturated heterocycles. The summed E-state index contributed by atoms with van der Waals surface area (Å²) in [6, 6.07) is 5.49. The second-order valence-corrected chi connectivity index (χ2v) is 8.52. The zero-order valence-corrected chi connectivity index (χ0v) is 14.9. The van der Waals surface area contributed by atoms with E-state index in [2.05, 4.69) is 5.32 Å². The first-order chi connectivity index (χ1) is 11.4. The van der Waals surface area contributed by atoms with Crippen molar-refractivity contribution in [1.29, 1.82) is 0 Å². The van der Waals surface area contributed by atoms with Crippen LogP contribution in [0.2, 0.25) is 0 Å². The normalized spacial score (nSPS) is 19.9. The average molecular weight is 352 g/mol. The highest BCUT2D eigenvalue weighted by Crippen LogP contribution is 2.31. The molecule has 0 aromatic heterocycles. The smallest absolute Gasteiger partial charge is 0.246 e. The lowest BCUT2D eigenvalue weighted by Crippen LogP contribution is -2.43. The van der Waals surface area contributed by atoms with Crippen molar-refractivity contribution < 1.29 is 17.9 Å². The van der Waals surface area contributed by atoms with Crippen LogP contribution in [0.3, 0.4) is 0 Å². The third-order valence-electron chi connectivity index (χ3n) is 4.69. The van der Waals surface area contributed by atoms with E-state index in [4.69, 9.17) is 4.74 Å². The van der Waals surface area contributed by atoms with Crippen LogP contribution in [0, 0.1) is 12.8 Å². The minimum Gasteiger partial charge on any atom is -0.495 e. The van der Waals surface area contributed by atoms with Gasteiger partial charge in [-0.05, 0) is 50.3 Å². The van der Waals surface area contributed by atoms with Gasteiger partial charge in [0.25, 0.3) is 0 Å². The summed E-state index contributed by atoms with van der Waals surface area (Å²) in [5, 5.41) is 3.01. The molecular weight excluding hydrogens is 328 g/mol. The number of rotatable bonds is 5. The zero-order chi connectivity index (χ0) is 17.3. The highest BCUT2D eigenvalue weighted by Gasteiger charge is 2.35. The van der Waals surface area contributed by atoms with Crippen LogP contribution in [0.25, 0.3) is 0 Å². The molecule has 132 valence electrons. The minimum absolute atomic E-state index is 0.0719. The van der Waals surface area contributed by atoms with E-state index in [-0.39, 0.29) is 16.7 Å². The Labute approximate surface area is 143 Å². The summed E-state index contributed by atoms with van der Waals surface area (Å²) < 4.78 is 32.5. The molecule has 1 aromatic rings. The van der Waals surface area contributed by atoms with E-state index in [9.17, 15) is 13.2 Å². The molecule has 1 amide bonds. The van der Waals surface area contributed by atoms with Crippen LogP contribution in [-0.2, 0) is 14.8 Å². The number of benzene rings is 1. The summed E-state index contributed by atoms with van der Waals surface area (Å²) in [5.74, 6) is 0.341. The first-order valence-corrected chi connectivity index (χ1v) is 9.81. The van der Waals surface area contributed by atoms with Crippen LogP contribution in [0.1, 0.15) is 31.2 Å². The van der Waals surface area contributed by atoms with Gasteiger partial charge < -0.3 is 10.1 Å². The molecule has 7 heteroatoms. The number of aryl methyl sites for hydroxylation is 1. The van der Waals surface area contributed by atoms with E-state index in [1.807, 2.05) is 13.0 Å². The Hall–Kier alpha value is -1.60. The van der Waals surface area contributed by atoms with Crippen molar-refractivity contribution >= 4 is 15.9 Å². The van der Waals surface area contributed by atoms with Gasteiger partial charge in [-0.15, -0.1) is 0 Å².